The largest absolute Gasteiger partial charge is 0.414 e. The quantitative estimate of drug-likeness (QED) is 0.625. The molecule has 0 saturated carbocycles. The van der Waals surface area contributed by atoms with Crippen molar-refractivity contribution >= 4 is 37.1 Å². The van der Waals surface area contributed by atoms with Crippen LogP contribution in [0.25, 0.3) is 11.2 Å². The predicted molar refractivity (Wildman–Crippen MR) is 119 cm³/mol. The van der Waals surface area contributed by atoms with Gasteiger partial charge in [0, 0.05) is 5.92 Å². The number of anilines is 1. The van der Waals surface area contributed by atoms with Crippen LogP contribution in [0.2, 0.25) is 18.1 Å². The van der Waals surface area contributed by atoms with E-state index in [4.69, 9.17) is 9.16 Å². The third kappa shape index (κ3) is 4.52. The minimum absolute atomic E-state index is 0.00400. The Balaban J connectivity index is 1.87. The summed E-state index contributed by atoms with van der Waals surface area (Å²) in [6.45, 7) is 13.6. The Morgan fingerprint density at radius 1 is 1.38 bits per heavy atom. The first-order chi connectivity index (χ1) is 14.7. The average molecular weight is 468 g/mol. The number of hydrogen-bond donors (Lipinski definition) is 2. The number of Topliss-reactive ketones (excluding diaryl/α,β-unsaturated/α-hetero) is 1. The molecule has 1 unspecified atom stereocenters. The minimum Gasteiger partial charge on any atom is -0.414 e. The van der Waals surface area contributed by atoms with Crippen molar-refractivity contribution in [2.24, 2.45) is 5.92 Å². The molecule has 1 fully saturated rings. The predicted octanol–water partition coefficient (Wildman–Crippen LogP) is 2.54. The van der Waals surface area contributed by atoms with Crippen molar-refractivity contribution in [1.29, 1.82) is 0 Å². The number of fused-ring (bicyclic) bond motifs is 1. The maximum atomic E-state index is 14.8. The van der Waals surface area contributed by atoms with E-state index >= 15 is 0 Å². The Morgan fingerprint density at radius 3 is 2.62 bits per heavy atom. The van der Waals surface area contributed by atoms with Crippen molar-refractivity contribution in [1.82, 2.24) is 19.5 Å². The van der Waals surface area contributed by atoms with Crippen LogP contribution in [0.3, 0.4) is 0 Å². The number of ketones is 1. The van der Waals surface area contributed by atoms with Gasteiger partial charge in [0.25, 0.3) is 5.56 Å². The highest BCUT2D eigenvalue weighted by Crippen LogP contribution is 2.38. The van der Waals surface area contributed by atoms with Gasteiger partial charge in [-0.25, -0.2) is 9.37 Å². The molecule has 3 atom stereocenters. The van der Waals surface area contributed by atoms with Crippen LogP contribution in [0.15, 0.2) is 11.1 Å². The van der Waals surface area contributed by atoms with Crippen molar-refractivity contribution in [3.05, 3.63) is 16.7 Å². The smallest absolute Gasteiger partial charge is 0.280 e. The first kappa shape index (κ1) is 24.2. The van der Waals surface area contributed by atoms with Gasteiger partial charge in [-0.15, -0.1) is 0 Å². The van der Waals surface area contributed by atoms with Gasteiger partial charge in [-0.05, 0) is 18.1 Å². The fourth-order valence-electron chi connectivity index (χ4n) is 2.87. The van der Waals surface area contributed by atoms with E-state index in [0.29, 0.717) is 0 Å². The number of amides is 1. The molecular weight excluding hydrogens is 437 g/mol. The van der Waals surface area contributed by atoms with Crippen molar-refractivity contribution in [2.45, 2.75) is 71.3 Å². The zero-order valence-electron chi connectivity index (χ0n) is 19.4. The Labute approximate surface area is 186 Å². The molecule has 176 valence electrons. The fourth-order valence-corrected chi connectivity index (χ4v) is 3.89. The van der Waals surface area contributed by atoms with Gasteiger partial charge < -0.3 is 9.16 Å². The van der Waals surface area contributed by atoms with Gasteiger partial charge in [0.1, 0.15) is 6.10 Å². The van der Waals surface area contributed by atoms with E-state index in [1.54, 1.807) is 13.8 Å². The SMILES string of the molecule is CC(C)C(=O)Nc1nc2c(ncn2[C@@H]2O[C@H](CO[Si](C)(C)C(C)(C)C)C(F)C2=O)c(=O)[nH]1. The Hall–Kier alpha value is -2.44. The Bertz CT molecular complexity index is 1090. The Morgan fingerprint density at radius 2 is 2.03 bits per heavy atom. The molecule has 0 aliphatic carbocycles. The summed E-state index contributed by atoms with van der Waals surface area (Å²) in [7, 11) is -2.17. The van der Waals surface area contributed by atoms with Crippen LogP contribution in [0.4, 0.5) is 10.3 Å². The van der Waals surface area contributed by atoms with Crippen LogP contribution in [0, 0.1) is 5.92 Å². The van der Waals surface area contributed by atoms with Gasteiger partial charge in [-0.1, -0.05) is 34.6 Å². The standard InChI is InChI=1S/C20H30FN5O5Si/c1-10(2)16(28)24-19-23-15-13(17(29)25-19)22-9-26(15)18-14(27)12(21)11(31-18)8-30-32(6,7)20(3,4)5/h9-12,18H,8H2,1-7H3,(H2,23,24,25,28,29)/t11-,12?,18-/m1/s1. The maximum absolute atomic E-state index is 14.8. The molecule has 0 spiro atoms. The molecule has 0 bridgehead atoms. The van der Waals surface area contributed by atoms with Gasteiger partial charge in [0.2, 0.25) is 17.6 Å². The van der Waals surface area contributed by atoms with Crippen LogP contribution in [-0.2, 0) is 18.8 Å². The average Bonchev–Trinajstić information content (AvgIpc) is 3.21. The number of ether oxygens (including phenoxy) is 1. The lowest BCUT2D eigenvalue weighted by Crippen LogP contribution is -2.43. The maximum Gasteiger partial charge on any atom is 0.280 e. The monoisotopic (exact) mass is 467 g/mol. The summed E-state index contributed by atoms with van der Waals surface area (Å²) in [5.41, 5.74) is -0.655. The van der Waals surface area contributed by atoms with E-state index in [1.807, 2.05) is 13.1 Å². The number of carbonyl (C=O) groups is 2. The van der Waals surface area contributed by atoms with Crippen molar-refractivity contribution in [2.75, 3.05) is 11.9 Å². The number of H-pyrrole nitrogens is 1. The number of hydrogen-bond acceptors (Lipinski definition) is 7. The van der Waals surface area contributed by atoms with Crippen LogP contribution in [0.1, 0.15) is 40.8 Å². The second-order valence-corrected chi connectivity index (χ2v) is 14.6. The summed E-state index contributed by atoms with van der Waals surface area (Å²) in [6.07, 6.45) is -3.11. The highest BCUT2D eigenvalue weighted by atomic mass is 28.4. The van der Waals surface area contributed by atoms with Gasteiger partial charge in [-0.2, -0.15) is 4.98 Å². The van der Waals surface area contributed by atoms with E-state index in [2.05, 4.69) is 41.0 Å². The molecule has 12 heteroatoms. The number of nitrogens with one attached hydrogen (secondary N) is 2. The summed E-state index contributed by atoms with van der Waals surface area (Å²) in [5.74, 6) is -1.58. The van der Waals surface area contributed by atoms with E-state index in [9.17, 15) is 18.8 Å². The number of halogens is 1. The molecule has 3 rings (SSSR count). The molecule has 2 N–H and O–H groups in total. The zero-order chi connectivity index (χ0) is 24.0. The lowest BCUT2D eigenvalue weighted by Gasteiger charge is -2.36. The van der Waals surface area contributed by atoms with Crippen molar-refractivity contribution < 1.29 is 23.1 Å². The molecule has 3 heterocycles. The van der Waals surface area contributed by atoms with Gasteiger partial charge in [0.15, 0.2) is 31.9 Å². The molecule has 1 aliphatic heterocycles. The summed E-state index contributed by atoms with van der Waals surface area (Å²) >= 11 is 0. The number of rotatable bonds is 6. The molecule has 2 aromatic rings. The van der Waals surface area contributed by atoms with Crippen LogP contribution in [0.5, 0.6) is 0 Å². The molecule has 1 saturated heterocycles. The third-order valence-electron chi connectivity index (χ3n) is 6.01. The number of imidazole rings is 1. The molecule has 0 aromatic carbocycles. The Kier molecular flexibility index (Phi) is 6.42. The molecule has 2 aromatic heterocycles. The fraction of sp³-hybridized carbons (Fsp3) is 0.650. The summed E-state index contributed by atoms with van der Waals surface area (Å²) in [5, 5.41) is 2.42. The first-order valence-corrected chi connectivity index (χ1v) is 13.4. The van der Waals surface area contributed by atoms with E-state index < -0.39 is 38.2 Å². The molecule has 1 aliphatic rings. The number of carbonyl (C=O) groups excluding carboxylic acids is 2. The van der Waals surface area contributed by atoms with E-state index in [-0.39, 0.29) is 40.6 Å². The number of aromatic nitrogens is 4. The minimum atomic E-state index is -2.17. The topological polar surface area (TPSA) is 128 Å². The number of aromatic amines is 1. The molecule has 32 heavy (non-hydrogen) atoms. The number of alkyl halides is 1. The second kappa shape index (κ2) is 8.48. The molecule has 10 nitrogen and oxygen atoms in total. The van der Waals surface area contributed by atoms with Crippen molar-refractivity contribution in [3.8, 4) is 0 Å². The second-order valence-electron chi connectivity index (χ2n) is 9.78. The lowest BCUT2D eigenvalue weighted by atomic mass is 10.2. The lowest BCUT2D eigenvalue weighted by molar-refractivity contribution is -0.128. The highest BCUT2D eigenvalue weighted by Gasteiger charge is 2.47. The highest BCUT2D eigenvalue weighted by molar-refractivity contribution is 6.74. The van der Waals surface area contributed by atoms with E-state index in [1.165, 1.54) is 10.9 Å². The summed E-state index contributed by atoms with van der Waals surface area (Å²) < 4.78 is 27.7. The van der Waals surface area contributed by atoms with Gasteiger partial charge in [0.05, 0.1) is 12.9 Å². The third-order valence-corrected chi connectivity index (χ3v) is 10.5. The van der Waals surface area contributed by atoms with Gasteiger partial charge in [-0.3, -0.25) is 29.3 Å². The summed E-state index contributed by atoms with van der Waals surface area (Å²) in [4.78, 5) is 47.6. The van der Waals surface area contributed by atoms with Crippen molar-refractivity contribution in [3.63, 3.8) is 0 Å². The normalized spacial score (nSPS) is 22.2. The molecule has 1 amide bonds. The van der Waals surface area contributed by atoms with Crippen LogP contribution < -0.4 is 10.9 Å². The van der Waals surface area contributed by atoms with Crippen LogP contribution >= 0.6 is 0 Å². The van der Waals surface area contributed by atoms with Crippen LogP contribution in [-0.4, -0.2) is 58.4 Å². The van der Waals surface area contributed by atoms with Gasteiger partial charge >= 0.3 is 0 Å². The molecular formula is C20H30FN5O5Si. The first-order valence-electron chi connectivity index (χ1n) is 10.5. The summed E-state index contributed by atoms with van der Waals surface area (Å²) in [6, 6.07) is 0. The zero-order valence-corrected chi connectivity index (χ0v) is 20.4. The number of nitrogens with zero attached hydrogens (tertiary/aromatic N) is 3. The van der Waals surface area contributed by atoms with E-state index in [0.717, 1.165) is 0 Å². The molecule has 0 radical (unpaired) electrons.